The lowest BCUT2D eigenvalue weighted by Crippen LogP contribution is -2.04. The summed E-state index contributed by atoms with van der Waals surface area (Å²) in [5.74, 6) is -0.0685. The summed E-state index contributed by atoms with van der Waals surface area (Å²) in [6.07, 6.45) is 3.43. The fourth-order valence-corrected chi connectivity index (χ4v) is 2.62. The first kappa shape index (κ1) is 15.3. The number of nitrogens with zero attached hydrogens (tertiary/aromatic N) is 1. The van der Waals surface area contributed by atoms with Crippen LogP contribution in [0.25, 0.3) is 0 Å². The molecule has 114 valence electrons. The first-order valence-electron chi connectivity index (χ1n) is 7.22. The third-order valence-electron chi connectivity index (χ3n) is 3.55. The zero-order chi connectivity index (χ0) is 16.2. The predicted octanol–water partition coefficient (Wildman–Crippen LogP) is 5.02. The number of aryl methyl sites for hydroxylation is 1. The van der Waals surface area contributed by atoms with Crippen LogP contribution in [0.5, 0.6) is 0 Å². The highest BCUT2D eigenvalue weighted by atomic mass is 35.5. The summed E-state index contributed by atoms with van der Waals surface area (Å²) in [5.41, 5.74) is 3.78. The zero-order valence-electron chi connectivity index (χ0n) is 12.6. The molecule has 0 unspecified atom stereocenters. The van der Waals surface area contributed by atoms with Gasteiger partial charge in [0.05, 0.1) is 16.9 Å². The number of hydrogen-bond acceptors (Lipinski definition) is 3. The quantitative estimate of drug-likeness (QED) is 0.686. The van der Waals surface area contributed by atoms with Gasteiger partial charge in [-0.05, 0) is 42.8 Å². The Labute approximate surface area is 140 Å². The summed E-state index contributed by atoms with van der Waals surface area (Å²) in [6, 6.07) is 16.6. The van der Waals surface area contributed by atoms with E-state index in [2.05, 4.69) is 10.3 Å². The van der Waals surface area contributed by atoms with E-state index in [1.165, 1.54) is 0 Å². The molecular weight excluding hydrogens is 308 g/mol. The number of rotatable bonds is 4. The molecule has 3 aromatic rings. The summed E-state index contributed by atoms with van der Waals surface area (Å²) in [7, 11) is 0. The molecule has 0 aliphatic carbocycles. The van der Waals surface area contributed by atoms with Crippen molar-refractivity contribution in [2.45, 2.75) is 6.92 Å². The molecule has 1 heterocycles. The second kappa shape index (κ2) is 6.63. The van der Waals surface area contributed by atoms with Crippen molar-refractivity contribution in [3.63, 3.8) is 0 Å². The van der Waals surface area contributed by atoms with Crippen molar-refractivity contribution >= 4 is 28.8 Å². The van der Waals surface area contributed by atoms with Crippen LogP contribution in [0.1, 0.15) is 21.5 Å². The minimum atomic E-state index is -0.0685. The van der Waals surface area contributed by atoms with Crippen LogP contribution in [0.2, 0.25) is 5.02 Å². The number of carbonyl (C=O) groups is 1. The molecule has 0 saturated carbocycles. The van der Waals surface area contributed by atoms with Crippen LogP contribution in [0.4, 0.5) is 11.4 Å². The molecular formula is C19H15ClN2O. The van der Waals surface area contributed by atoms with E-state index in [0.29, 0.717) is 16.1 Å². The van der Waals surface area contributed by atoms with E-state index < -0.39 is 0 Å². The van der Waals surface area contributed by atoms with Gasteiger partial charge in [-0.1, -0.05) is 35.9 Å². The first-order valence-corrected chi connectivity index (χ1v) is 7.60. The molecule has 23 heavy (non-hydrogen) atoms. The Morgan fingerprint density at radius 3 is 2.52 bits per heavy atom. The van der Waals surface area contributed by atoms with E-state index in [1.54, 1.807) is 24.5 Å². The molecule has 3 rings (SSSR count). The second-order valence-electron chi connectivity index (χ2n) is 5.21. The number of carbonyl (C=O) groups excluding carboxylic acids is 1. The number of benzene rings is 2. The number of halogens is 1. The average molecular weight is 323 g/mol. The fraction of sp³-hybridized carbons (Fsp3) is 0.0526. The van der Waals surface area contributed by atoms with Crippen molar-refractivity contribution in [1.82, 2.24) is 4.98 Å². The van der Waals surface area contributed by atoms with E-state index in [9.17, 15) is 4.79 Å². The summed E-state index contributed by atoms with van der Waals surface area (Å²) in [6.45, 7) is 1.92. The van der Waals surface area contributed by atoms with Gasteiger partial charge in [0, 0.05) is 23.0 Å². The van der Waals surface area contributed by atoms with Gasteiger partial charge < -0.3 is 5.32 Å². The number of hydrogen-bond donors (Lipinski definition) is 1. The highest BCUT2D eigenvalue weighted by molar-refractivity contribution is 6.35. The largest absolute Gasteiger partial charge is 0.354 e. The van der Waals surface area contributed by atoms with Crippen molar-refractivity contribution in [3.8, 4) is 0 Å². The molecule has 1 aromatic heterocycles. The van der Waals surface area contributed by atoms with Gasteiger partial charge >= 0.3 is 0 Å². The lowest BCUT2D eigenvalue weighted by atomic mass is 9.99. The molecule has 0 aliphatic heterocycles. The van der Waals surface area contributed by atoms with Crippen molar-refractivity contribution < 1.29 is 4.79 Å². The Morgan fingerprint density at radius 2 is 1.83 bits per heavy atom. The van der Waals surface area contributed by atoms with Crippen LogP contribution in [-0.2, 0) is 0 Å². The normalized spacial score (nSPS) is 10.3. The highest BCUT2D eigenvalue weighted by Crippen LogP contribution is 2.26. The average Bonchev–Trinajstić information content (AvgIpc) is 2.56. The zero-order valence-corrected chi connectivity index (χ0v) is 13.3. The maximum absolute atomic E-state index is 12.6. The Balaban J connectivity index is 1.88. The highest BCUT2D eigenvalue weighted by Gasteiger charge is 2.15. The molecule has 0 fully saturated rings. The molecule has 0 atom stereocenters. The van der Waals surface area contributed by atoms with Crippen LogP contribution >= 0.6 is 11.6 Å². The molecule has 2 aromatic carbocycles. The van der Waals surface area contributed by atoms with Crippen molar-refractivity contribution in [2.24, 2.45) is 0 Å². The fourth-order valence-electron chi connectivity index (χ4n) is 2.35. The lowest BCUT2D eigenvalue weighted by molar-refractivity contribution is 0.103. The standard InChI is InChI=1S/C19H15ClN2O/c1-13-5-2-3-7-16(13)19(23)17-9-8-14(11-18(17)20)22-15-6-4-10-21-12-15/h2-12,22H,1H3. The number of anilines is 2. The summed E-state index contributed by atoms with van der Waals surface area (Å²) >= 11 is 6.32. The number of ketones is 1. The lowest BCUT2D eigenvalue weighted by Gasteiger charge is -2.10. The third kappa shape index (κ3) is 3.41. The molecule has 0 spiro atoms. The maximum Gasteiger partial charge on any atom is 0.194 e. The van der Waals surface area contributed by atoms with Crippen LogP contribution in [0.3, 0.4) is 0 Å². The number of nitrogens with one attached hydrogen (secondary N) is 1. The first-order chi connectivity index (χ1) is 11.1. The minimum absolute atomic E-state index is 0.0685. The van der Waals surface area contributed by atoms with Gasteiger partial charge in [0.25, 0.3) is 0 Å². The topological polar surface area (TPSA) is 42.0 Å². The molecule has 0 bridgehead atoms. The van der Waals surface area contributed by atoms with E-state index in [-0.39, 0.29) is 5.78 Å². The third-order valence-corrected chi connectivity index (χ3v) is 3.87. The van der Waals surface area contributed by atoms with Gasteiger partial charge in [0.1, 0.15) is 0 Å². The van der Waals surface area contributed by atoms with E-state index in [1.807, 2.05) is 49.4 Å². The van der Waals surface area contributed by atoms with E-state index in [4.69, 9.17) is 11.6 Å². The van der Waals surface area contributed by atoms with E-state index in [0.717, 1.165) is 16.9 Å². The van der Waals surface area contributed by atoms with Gasteiger partial charge in [0.2, 0.25) is 0 Å². The predicted molar refractivity (Wildman–Crippen MR) is 93.6 cm³/mol. The number of aromatic nitrogens is 1. The SMILES string of the molecule is Cc1ccccc1C(=O)c1ccc(Nc2cccnc2)cc1Cl. The maximum atomic E-state index is 12.6. The monoisotopic (exact) mass is 322 g/mol. The van der Waals surface area contributed by atoms with Gasteiger partial charge in [-0.15, -0.1) is 0 Å². The van der Waals surface area contributed by atoms with Gasteiger partial charge in [-0.25, -0.2) is 0 Å². The Bertz CT molecular complexity index is 847. The molecule has 3 nitrogen and oxygen atoms in total. The second-order valence-corrected chi connectivity index (χ2v) is 5.61. The van der Waals surface area contributed by atoms with Crippen LogP contribution < -0.4 is 5.32 Å². The van der Waals surface area contributed by atoms with Gasteiger partial charge in [-0.2, -0.15) is 0 Å². The molecule has 0 aliphatic rings. The smallest absolute Gasteiger partial charge is 0.194 e. The molecule has 1 N–H and O–H groups in total. The number of pyridine rings is 1. The van der Waals surface area contributed by atoms with Crippen LogP contribution in [0.15, 0.2) is 67.0 Å². The van der Waals surface area contributed by atoms with Crippen molar-refractivity contribution in [2.75, 3.05) is 5.32 Å². The van der Waals surface area contributed by atoms with E-state index >= 15 is 0 Å². The minimum Gasteiger partial charge on any atom is -0.354 e. The van der Waals surface area contributed by atoms with Crippen LogP contribution in [-0.4, -0.2) is 10.8 Å². The summed E-state index contributed by atoms with van der Waals surface area (Å²) < 4.78 is 0. The molecule has 0 amide bonds. The summed E-state index contributed by atoms with van der Waals surface area (Å²) in [4.78, 5) is 16.7. The van der Waals surface area contributed by atoms with Crippen LogP contribution in [0, 0.1) is 6.92 Å². The van der Waals surface area contributed by atoms with Crippen molar-refractivity contribution in [3.05, 3.63) is 88.7 Å². The molecule has 4 heteroatoms. The molecule has 0 saturated heterocycles. The Kier molecular flexibility index (Phi) is 4.40. The Hall–Kier alpha value is -2.65. The van der Waals surface area contributed by atoms with Crippen molar-refractivity contribution in [1.29, 1.82) is 0 Å². The summed E-state index contributed by atoms with van der Waals surface area (Å²) in [5, 5.41) is 3.63. The Morgan fingerprint density at radius 1 is 1.00 bits per heavy atom. The molecule has 0 radical (unpaired) electrons. The van der Waals surface area contributed by atoms with Gasteiger partial charge in [0.15, 0.2) is 5.78 Å². The van der Waals surface area contributed by atoms with Gasteiger partial charge in [-0.3, -0.25) is 9.78 Å².